The number of carbonyl (C=O) groups excluding carboxylic acids is 2. The molecule has 0 unspecified atom stereocenters. The van der Waals surface area contributed by atoms with Crippen molar-refractivity contribution in [1.29, 1.82) is 0 Å². The molecule has 228 valence electrons. The van der Waals surface area contributed by atoms with Crippen molar-refractivity contribution in [2.75, 3.05) is 6.54 Å². The SMILES string of the molecule is Cc1cc(C(=O)OC(C)(C)C)c(C)n1Cc1cn(C[C@H]2CCCN2C(=O)c2cnn(-c3ccc(Cl)cc3)c2C(C)C)nn1. The number of halogens is 1. The minimum absolute atomic E-state index is 0.00485. The van der Waals surface area contributed by atoms with E-state index < -0.39 is 5.60 Å². The fourth-order valence-electron chi connectivity index (χ4n) is 5.78. The Kier molecular flexibility index (Phi) is 8.51. The van der Waals surface area contributed by atoms with E-state index in [4.69, 9.17) is 16.3 Å². The second-order valence-corrected chi connectivity index (χ2v) is 13.0. The molecule has 0 saturated carbocycles. The van der Waals surface area contributed by atoms with Crippen LogP contribution in [-0.4, -0.2) is 64.3 Å². The van der Waals surface area contributed by atoms with E-state index in [1.165, 1.54) is 0 Å². The number of ether oxygens (including phenoxy) is 1. The molecule has 43 heavy (non-hydrogen) atoms. The van der Waals surface area contributed by atoms with Crippen molar-refractivity contribution in [2.45, 2.75) is 92.0 Å². The van der Waals surface area contributed by atoms with Crippen molar-refractivity contribution in [3.05, 3.63) is 81.7 Å². The molecule has 0 radical (unpaired) electrons. The number of aryl methyl sites for hydroxylation is 1. The van der Waals surface area contributed by atoms with Gasteiger partial charge in [-0.15, -0.1) is 5.10 Å². The van der Waals surface area contributed by atoms with Crippen LogP contribution in [-0.2, 0) is 17.8 Å². The van der Waals surface area contributed by atoms with Crippen LogP contribution < -0.4 is 0 Å². The zero-order chi connectivity index (χ0) is 31.1. The lowest BCUT2D eigenvalue weighted by atomic mass is 10.0. The molecule has 0 aliphatic carbocycles. The number of rotatable bonds is 8. The van der Waals surface area contributed by atoms with Crippen molar-refractivity contribution in [3.63, 3.8) is 0 Å². The molecule has 0 bridgehead atoms. The third kappa shape index (κ3) is 6.54. The van der Waals surface area contributed by atoms with E-state index in [0.29, 0.717) is 35.8 Å². The highest BCUT2D eigenvalue weighted by molar-refractivity contribution is 6.30. The second-order valence-electron chi connectivity index (χ2n) is 12.6. The zero-order valence-corrected chi connectivity index (χ0v) is 26.7. The zero-order valence-electron chi connectivity index (χ0n) is 26.0. The first kappa shape index (κ1) is 30.5. The first-order valence-electron chi connectivity index (χ1n) is 14.8. The van der Waals surface area contributed by atoms with Crippen LogP contribution in [0.5, 0.6) is 0 Å². The Labute approximate surface area is 257 Å². The molecule has 1 aliphatic rings. The summed E-state index contributed by atoms with van der Waals surface area (Å²) in [5, 5.41) is 14.0. The van der Waals surface area contributed by atoms with Crippen LogP contribution in [0.15, 0.2) is 42.7 Å². The van der Waals surface area contributed by atoms with Crippen LogP contribution >= 0.6 is 11.6 Å². The summed E-state index contributed by atoms with van der Waals surface area (Å²) in [6, 6.07) is 9.32. The van der Waals surface area contributed by atoms with Gasteiger partial charge in [0.05, 0.1) is 54.0 Å². The number of amides is 1. The number of nitrogens with zero attached hydrogens (tertiary/aromatic N) is 7. The molecule has 10 nitrogen and oxygen atoms in total. The third-order valence-electron chi connectivity index (χ3n) is 7.79. The number of hydrogen-bond donors (Lipinski definition) is 0. The van der Waals surface area contributed by atoms with Gasteiger partial charge in [-0.1, -0.05) is 30.7 Å². The minimum Gasteiger partial charge on any atom is -0.456 e. The second kappa shape index (κ2) is 12.0. The summed E-state index contributed by atoms with van der Waals surface area (Å²) in [6.07, 6.45) is 5.42. The number of aromatic nitrogens is 6. The van der Waals surface area contributed by atoms with Crippen LogP contribution in [0.4, 0.5) is 0 Å². The summed E-state index contributed by atoms with van der Waals surface area (Å²) in [7, 11) is 0. The van der Waals surface area contributed by atoms with Gasteiger partial charge in [0.15, 0.2) is 0 Å². The average molecular weight is 606 g/mol. The lowest BCUT2D eigenvalue weighted by Gasteiger charge is -2.25. The summed E-state index contributed by atoms with van der Waals surface area (Å²) >= 11 is 6.09. The van der Waals surface area contributed by atoms with E-state index in [9.17, 15) is 9.59 Å². The fourth-order valence-corrected chi connectivity index (χ4v) is 5.90. The first-order chi connectivity index (χ1) is 20.3. The Hall–Kier alpha value is -3.92. The quantitative estimate of drug-likeness (QED) is 0.230. The standard InChI is InChI=1S/C32H40ClN7O3/c1-20(2)29-28(16-34-40(29)25-12-10-23(33)11-13-25)30(41)38-14-8-9-26(38)19-37-17-24(35-36-37)18-39-21(3)15-27(22(39)4)31(42)43-32(5,6)7/h10-13,15-17,20,26H,8-9,14,18-19H2,1-7H3/t26-/m1/s1. The number of esters is 1. The van der Waals surface area contributed by atoms with Crippen molar-refractivity contribution in [2.24, 2.45) is 0 Å². The largest absolute Gasteiger partial charge is 0.456 e. The molecule has 0 spiro atoms. The highest BCUT2D eigenvalue weighted by Gasteiger charge is 2.33. The van der Waals surface area contributed by atoms with E-state index in [2.05, 4.69) is 29.3 Å². The van der Waals surface area contributed by atoms with E-state index in [0.717, 1.165) is 41.3 Å². The Morgan fingerprint density at radius 2 is 1.84 bits per heavy atom. The van der Waals surface area contributed by atoms with Crippen LogP contribution in [0.3, 0.4) is 0 Å². The molecule has 4 aromatic rings. The number of hydrogen-bond acceptors (Lipinski definition) is 6. The third-order valence-corrected chi connectivity index (χ3v) is 8.04. The maximum atomic E-state index is 13.9. The monoisotopic (exact) mass is 605 g/mol. The summed E-state index contributed by atoms with van der Waals surface area (Å²) in [4.78, 5) is 28.6. The first-order valence-corrected chi connectivity index (χ1v) is 15.1. The van der Waals surface area contributed by atoms with Crippen LogP contribution in [0, 0.1) is 13.8 Å². The van der Waals surface area contributed by atoms with E-state index in [1.54, 1.807) is 6.20 Å². The van der Waals surface area contributed by atoms with Gasteiger partial charge in [-0.3, -0.25) is 9.48 Å². The predicted octanol–water partition coefficient (Wildman–Crippen LogP) is 5.97. The van der Waals surface area contributed by atoms with E-state index in [1.807, 2.05) is 90.0 Å². The minimum atomic E-state index is -0.564. The lowest BCUT2D eigenvalue weighted by molar-refractivity contribution is 0.00684. The molecule has 1 fully saturated rings. The summed E-state index contributed by atoms with van der Waals surface area (Å²) in [5.74, 6) is -0.256. The van der Waals surface area contributed by atoms with Crippen LogP contribution in [0.25, 0.3) is 5.69 Å². The molecule has 1 aromatic carbocycles. The van der Waals surface area contributed by atoms with Crippen LogP contribution in [0.1, 0.15) is 96.9 Å². The van der Waals surface area contributed by atoms with Gasteiger partial charge < -0.3 is 14.2 Å². The molecule has 5 rings (SSSR count). The Balaban J connectivity index is 1.30. The smallest absolute Gasteiger partial charge is 0.340 e. The lowest BCUT2D eigenvalue weighted by Crippen LogP contribution is -2.38. The van der Waals surface area contributed by atoms with E-state index in [-0.39, 0.29) is 23.8 Å². The van der Waals surface area contributed by atoms with Gasteiger partial charge in [-0.05, 0) is 83.7 Å². The van der Waals surface area contributed by atoms with E-state index >= 15 is 0 Å². The number of benzene rings is 1. The molecular formula is C32H40ClN7O3. The summed E-state index contributed by atoms with van der Waals surface area (Å²) in [5.41, 5.74) is 4.91. The summed E-state index contributed by atoms with van der Waals surface area (Å²) in [6.45, 7) is 15.3. The average Bonchev–Trinajstić information content (AvgIpc) is 3.72. The van der Waals surface area contributed by atoms with Gasteiger partial charge in [-0.2, -0.15) is 5.10 Å². The molecule has 1 atom stereocenters. The Bertz CT molecular complexity index is 1630. The van der Waals surface area contributed by atoms with Crippen molar-refractivity contribution < 1.29 is 14.3 Å². The van der Waals surface area contributed by atoms with Crippen LogP contribution in [0.2, 0.25) is 5.02 Å². The topological polar surface area (TPSA) is 100 Å². The highest BCUT2D eigenvalue weighted by atomic mass is 35.5. The van der Waals surface area contributed by atoms with Crippen molar-refractivity contribution in [3.8, 4) is 5.69 Å². The molecular weight excluding hydrogens is 566 g/mol. The Morgan fingerprint density at radius 1 is 1.12 bits per heavy atom. The summed E-state index contributed by atoms with van der Waals surface area (Å²) < 4.78 is 11.3. The molecule has 11 heteroatoms. The van der Waals surface area contributed by atoms with Crippen molar-refractivity contribution in [1.82, 2.24) is 34.2 Å². The normalized spacial score (nSPS) is 15.5. The van der Waals surface area contributed by atoms with Gasteiger partial charge in [0.2, 0.25) is 0 Å². The van der Waals surface area contributed by atoms with Crippen molar-refractivity contribution >= 4 is 23.5 Å². The maximum absolute atomic E-state index is 13.9. The fraction of sp³-hybridized carbons (Fsp3) is 0.469. The maximum Gasteiger partial charge on any atom is 0.340 e. The van der Waals surface area contributed by atoms with Gasteiger partial charge in [-0.25, -0.2) is 9.48 Å². The van der Waals surface area contributed by atoms with Gasteiger partial charge in [0, 0.05) is 23.0 Å². The molecule has 3 aromatic heterocycles. The van der Waals surface area contributed by atoms with Gasteiger partial charge >= 0.3 is 5.97 Å². The molecule has 1 amide bonds. The highest BCUT2D eigenvalue weighted by Crippen LogP contribution is 2.28. The molecule has 1 aliphatic heterocycles. The van der Waals surface area contributed by atoms with Gasteiger partial charge in [0.25, 0.3) is 5.91 Å². The molecule has 0 N–H and O–H groups in total. The molecule has 4 heterocycles. The number of carbonyl (C=O) groups is 2. The Morgan fingerprint density at radius 3 is 2.51 bits per heavy atom. The predicted molar refractivity (Wildman–Crippen MR) is 165 cm³/mol. The number of likely N-dealkylation sites (tertiary alicyclic amines) is 1. The van der Waals surface area contributed by atoms with Gasteiger partial charge in [0.1, 0.15) is 11.3 Å². The molecule has 1 saturated heterocycles.